The Hall–Kier alpha value is -2.81. The molecule has 126 valence electrons. The molecule has 0 fully saturated rings. The Morgan fingerprint density at radius 3 is 2.58 bits per heavy atom. The summed E-state index contributed by atoms with van der Waals surface area (Å²) in [7, 11) is 0. The van der Waals surface area contributed by atoms with Gasteiger partial charge in [-0.25, -0.2) is 4.98 Å². The highest BCUT2D eigenvalue weighted by atomic mass is 32.2. The molecule has 9 heteroatoms. The summed E-state index contributed by atoms with van der Waals surface area (Å²) in [5.74, 6) is -1.96. The molecule has 0 aliphatic heterocycles. The number of nitrogens with two attached hydrogens (primary N) is 1. The number of aromatic amines is 1. The maximum atomic E-state index is 12.1. The summed E-state index contributed by atoms with van der Waals surface area (Å²) in [4.78, 5) is 41.4. The molecule has 0 aliphatic rings. The second kappa shape index (κ2) is 7.64. The first-order valence-electron chi connectivity index (χ1n) is 7.06. The van der Waals surface area contributed by atoms with Gasteiger partial charge in [0.05, 0.1) is 11.2 Å². The van der Waals surface area contributed by atoms with E-state index in [1.165, 1.54) is 0 Å². The lowest BCUT2D eigenvalue weighted by atomic mass is 10.2. The molecule has 0 spiro atoms. The van der Waals surface area contributed by atoms with Crippen LogP contribution < -0.4 is 21.7 Å². The Morgan fingerprint density at radius 1 is 1.38 bits per heavy atom. The van der Waals surface area contributed by atoms with Crippen LogP contribution in [0, 0.1) is 0 Å². The topological polar surface area (TPSA) is 141 Å². The molecule has 0 aliphatic carbocycles. The highest BCUT2D eigenvalue weighted by Crippen LogP contribution is 2.23. The van der Waals surface area contributed by atoms with Gasteiger partial charge in [0.2, 0.25) is 0 Å². The first kappa shape index (κ1) is 17.5. The third-order valence-electron chi connectivity index (χ3n) is 3.09. The predicted octanol–water partition coefficient (Wildman–Crippen LogP) is 0.225. The number of thioether (sulfide) groups is 1. The van der Waals surface area contributed by atoms with Gasteiger partial charge in [-0.1, -0.05) is 36.9 Å². The van der Waals surface area contributed by atoms with Crippen LogP contribution in [-0.4, -0.2) is 27.1 Å². The van der Waals surface area contributed by atoms with Gasteiger partial charge in [-0.2, -0.15) is 0 Å². The maximum Gasteiger partial charge on any atom is 0.277 e. The van der Waals surface area contributed by atoms with Gasteiger partial charge in [0.15, 0.2) is 11.0 Å². The van der Waals surface area contributed by atoms with Crippen molar-refractivity contribution in [1.29, 1.82) is 0 Å². The van der Waals surface area contributed by atoms with E-state index in [0.717, 1.165) is 11.8 Å². The minimum absolute atomic E-state index is 0.0475. The lowest BCUT2D eigenvalue weighted by Gasteiger charge is -2.15. The maximum absolute atomic E-state index is 12.1. The second-order valence-electron chi connectivity index (χ2n) is 4.79. The number of aliphatic carboxylic acids is 1. The molecular formula is C15H15N4O4S-. The lowest BCUT2D eigenvalue weighted by molar-refractivity contribution is -0.304. The quantitative estimate of drug-likeness (QED) is 0.501. The van der Waals surface area contributed by atoms with Crippen LogP contribution in [0.25, 0.3) is 0 Å². The summed E-state index contributed by atoms with van der Waals surface area (Å²) < 4.78 is 0. The monoisotopic (exact) mass is 347 g/mol. The van der Waals surface area contributed by atoms with Crippen molar-refractivity contribution in [2.45, 2.75) is 23.8 Å². The highest BCUT2D eigenvalue weighted by molar-refractivity contribution is 8.00. The van der Waals surface area contributed by atoms with Crippen molar-refractivity contribution in [3.63, 3.8) is 0 Å². The molecule has 8 nitrogen and oxygen atoms in total. The van der Waals surface area contributed by atoms with Crippen LogP contribution in [0.15, 0.2) is 40.3 Å². The summed E-state index contributed by atoms with van der Waals surface area (Å²) in [5.41, 5.74) is 5.23. The van der Waals surface area contributed by atoms with Crippen LogP contribution in [0.3, 0.4) is 0 Å². The number of H-pyrrole nitrogens is 1. The molecule has 1 heterocycles. The van der Waals surface area contributed by atoms with Crippen LogP contribution in [-0.2, 0) is 4.79 Å². The number of rotatable bonds is 6. The fourth-order valence-electron chi connectivity index (χ4n) is 1.85. The number of carboxylic acid groups (broad SMARTS) is 1. The molecule has 1 aromatic carbocycles. The van der Waals surface area contributed by atoms with E-state index >= 15 is 0 Å². The van der Waals surface area contributed by atoms with E-state index in [9.17, 15) is 19.5 Å². The van der Waals surface area contributed by atoms with E-state index in [1.54, 1.807) is 37.3 Å². The van der Waals surface area contributed by atoms with Gasteiger partial charge in [-0.05, 0) is 18.6 Å². The van der Waals surface area contributed by atoms with Crippen molar-refractivity contribution in [3.8, 4) is 0 Å². The minimum atomic E-state index is -1.26. The average molecular weight is 347 g/mol. The zero-order valence-corrected chi connectivity index (χ0v) is 13.6. The average Bonchev–Trinajstić information content (AvgIpc) is 2.56. The number of carbonyl (C=O) groups excluding carboxylic acids is 2. The summed E-state index contributed by atoms with van der Waals surface area (Å²) in [6, 6.07) is 8.30. The van der Waals surface area contributed by atoms with Gasteiger partial charge < -0.3 is 21.0 Å². The van der Waals surface area contributed by atoms with Crippen LogP contribution >= 0.6 is 11.8 Å². The number of amides is 1. The molecular weight excluding hydrogens is 332 g/mol. The van der Waals surface area contributed by atoms with E-state index in [-0.39, 0.29) is 16.7 Å². The number of carboxylic acids is 1. The van der Waals surface area contributed by atoms with Crippen LogP contribution in [0.5, 0.6) is 0 Å². The first-order chi connectivity index (χ1) is 11.4. The number of hydrogen-bond donors (Lipinski definition) is 3. The molecule has 2 rings (SSSR count). The van der Waals surface area contributed by atoms with Crippen LogP contribution in [0.4, 0.5) is 11.5 Å². The number of hydrogen-bond acceptors (Lipinski definition) is 7. The van der Waals surface area contributed by atoms with Gasteiger partial charge in [0, 0.05) is 5.56 Å². The van der Waals surface area contributed by atoms with Crippen molar-refractivity contribution in [2.24, 2.45) is 0 Å². The van der Waals surface area contributed by atoms with Gasteiger partial charge in [0.25, 0.3) is 11.5 Å². The molecule has 0 radical (unpaired) electrons. The number of aromatic nitrogens is 2. The van der Waals surface area contributed by atoms with E-state index < -0.39 is 22.7 Å². The van der Waals surface area contributed by atoms with E-state index in [0.29, 0.717) is 12.0 Å². The Morgan fingerprint density at radius 2 is 2.04 bits per heavy atom. The van der Waals surface area contributed by atoms with Crippen molar-refractivity contribution < 1.29 is 14.7 Å². The third kappa shape index (κ3) is 4.13. The minimum Gasteiger partial charge on any atom is -0.549 e. The summed E-state index contributed by atoms with van der Waals surface area (Å²) in [5, 5.41) is 12.5. The number of carbonyl (C=O) groups is 2. The Labute approximate surface area is 141 Å². The fourth-order valence-corrected chi connectivity index (χ4v) is 2.69. The molecule has 24 heavy (non-hydrogen) atoms. The zero-order chi connectivity index (χ0) is 17.7. The molecule has 2 aromatic rings. The fraction of sp³-hybridized carbons (Fsp3) is 0.200. The third-order valence-corrected chi connectivity index (χ3v) is 4.31. The zero-order valence-electron chi connectivity index (χ0n) is 12.7. The number of nitrogens with one attached hydrogen (secondary N) is 2. The summed E-state index contributed by atoms with van der Waals surface area (Å²) >= 11 is 0.828. The molecule has 0 unspecified atom stereocenters. The number of nitrogen functional groups attached to an aromatic ring is 1. The standard InChI is InChI=1S/C15H16N4O4S/c1-2-9(14(22)23)24-15-18-11(16)10(13(21)19-15)17-12(20)8-6-4-3-5-7-8/h3-7,9H,2H2,1H3,(H,17,20)(H,22,23)(H3,16,18,19,21)/p-1/t9-/m0/s1. The van der Waals surface area contributed by atoms with Gasteiger partial charge in [-0.3, -0.25) is 14.6 Å². The molecule has 1 aromatic heterocycles. The highest BCUT2D eigenvalue weighted by Gasteiger charge is 2.16. The molecule has 1 amide bonds. The predicted molar refractivity (Wildman–Crippen MR) is 88.6 cm³/mol. The smallest absolute Gasteiger partial charge is 0.277 e. The molecule has 1 atom stereocenters. The number of anilines is 2. The second-order valence-corrected chi connectivity index (χ2v) is 5.98. The van der Waals surface area contributed by atoms with E-state index in [1.807, 2.05) is 0 Å². The largest absolute Gasteiger partial charge is 0.549 e. The van der Waals surface area contributed by atoms with Gasteiger partial charge in [-0.15, -0.1) is 0 Å². The Kier molecular flexibility index (Phi) is 5.59. The molecule has 4 N–H and O–H groups in total. The molecule has 0 saturated heterocycles. The van der Waals surface area contributed by atoms with Crippen molar-refractivity contribution in [2.75, 3.05) is 11.1 Å². The van der Waals surface area contributed by atoms with Crippen molar-refractivity contribution >= 4 is 35.1 Å². The van der Waals surface area contributed by atoms with E-state index in [2.05, 4.69) is 15.3 Å². The summed E-state index contributed by atoms with van der Waals surface area (Å²) in [6.07, 6.45) is 0.295. The Balaban J connectivity index is 2.23. The van der Waals surface area contributed by atoms with E-state index in [4.69, 9.17) is 5.73 Å². The van der Waals surface area contributed by atoms with Crippen molar-refractivity contribution in [1.82, 2.24) is 9.97 Å². The molecule has 0 saturated carbocycles. The lowest BCUT2D eigenvalue weighted by Crippen LogP contribution is -2.33. The molecule has 0 bridgehead atoms. The first-order valence-corrected chi connectivity index (χ1v) is 7.94. The van der Waals surface area contributed by atoms with Crippen LogP contribution in [0.1, 0.15) is 23.7 Å². The van der Waals surface area contributed by atoms with Crippen LogP contribution in [0.2, 0.25) is 0 Å². The SMILES string of the molecule is CC[C@H](Sc1nc(N)c(NC(=O)c2ccccc2)c(=O)[nH]1)C(=O)[O-]. The number of nitrogens with zero attached hydrogens (tertiary/aromatic N) is 1. The van der Waals surface area contributed by atoms with Gasteiger partial charge in [0.1, 0.15) is 5.69 Å². The normalized spacial score (nSPS) is 11.7. The summed E-state index contributed by atoms with van der Waals surface area (Å²) in [6.45, 7) is 1.67. The Bertz CT molecular complexity index is 807. The van der Waals surface area contributed by atoms with Crippen molar-refractivity contribution in [3.05, 3.63) is 46.2 Å². The number of benzene rings is 1. The van der Waals surface area contributed by atoms with Gasteiger partial charge >= 0.3 is 0 Å².